The van der Waals surface area contributed by atoms with Crippen LogP contribution in [0.25, 0.3) is 22.8 Å². The molecular formula is C20H17N5O2. The molecule has 1 aromatic heterocycles. The van der Waals surface area contributed by atoms with Crippen molar-refractivity contribution in [3.05, 3.63) is 47.5 Å². The van der Waals surface area contributed by atoms with Gasteiger partial charge >= 0.3 is 0 Å². The molecule has 7 heteroatoms. The molecule has 2 aromatic carbocycles. The maximum absolute atomic E-state index is 11.5. The zero-order chi connectivity index (χ0) is 19.0. The molecule has 0 saturated heterocycles. The van der Waals surface area contributed by atoms with Crippen LogP contribution in [-0.4, -0.2) is 22.1 Å². The third-order valence-corrected chi connectivity index (χ3v) is 4.25. The number of hydrogen-bond donors (Lipinski definition) is 2. The molecule has 1 amide bonds. The van der Waals surface area contributed by atoms with Crippen LogP contribution in [0.1, 0.15) is 25.0 Å². The number of aromatic nitrogens is 2. The average molecular weight is 359 g/mol. The number of rotatable bonds is 4. The molecule has 1 aliphatic heterocycles. The molecule has 0 radical (unpaired) electrons. The minimum atomic E-state index is -0.0184. The van der Waals surface area contributed by atoms with E-state index in [1.165, 1.54) is 0 Å². The summed E-state index contributed by atoms with van der Waals surface area (Å²) in [7, 11) is 0. The van der Waals surface area contributed by atoms with Crippen molar-refractivity contribution in [3.8, 4) is 28.9 Å². The van der Waals surface area contributed by atoms with Crippen molar-refractivity contribution in [1.29, 1.82) is 5.26 Å². The highest BCUT2D eigenvalue weighted by atomic mass is 16.5. The number of nitrogens with zero attached hydrogens (tertiary/aromatic N) is 3. The minimum Gasteiger partial charge on any atom is -0.382 e. The number of benzene rings is 2. The number of carbonyl (C=O) groups is 1. The number of nitriles is 1. The quantitative estimate of drug-likeness (QED) is 0.738. The Hall–Kier alpha value is -3.66. The van der Waals surface area contributed by atoms with Gasteiger partial charge < -0.3 is 15.2 Å². The van der Waals surface area contributed by atoms with Crippen molar-refractivity contribution in [2.75, 3.05) is 10.6 Å². The summed E-state index contributed by atoms with van der Waals surface area (Å²) in [6.45, 7) is 4.02. The van der Waals surface area contributed by atoms with Gasteiger partial charge in [-0.3, -0.25) is 4.79 Å². The van der Waals surface area contributed by atoms with Crippen molar-refractivity contribution in [2.24, 2.45) is 0 Å². The first-order valence-corrected chi connectivity index (χ1v) is 8.61. The molecule has 0 spiro atoms. The molecule has 7 nitrogen and oxygen atoms in total. The normalized spacial score (nSPS) is 12.6. The molecule has 0 unspecified atom stereocenters. The lowest BCUT2D eigenvalue weighted by molar-refractivity contribution is -0.115. The van der Waals surface area contributed by atoms with Gasteiger partial charge in [-0.1, -0.05) is 17.3 Å². The summed E-state index contributed by atoms with van der Waals surface area (Å²) in [4.78, 5) is 15.9. The molecule has 2 N–H and O–H groups in total. The van der Waals surface area contributed by atoms with Crippen LogP contribution < -0.4 is 10.6 Å². The summed E-state index contributed by atoms with van der Waals surface area (Å²) in [5, 5.41) is 19.5. The van der Waals surface area contributed by atoms with Gasteiger partial charge in [0.1, 0.15) is 6.07 Å². The lowest BCUT2D eigenvalue weighted by Gasteiger charge is -2.11. The van der Waals surface area contributed by atoms with Gasteiger partial charge in [0.05, 0.1) is 17.7 Å². The van der Waals surface area contributed by atoms with Gasteiger partial charge in [-0.05, 0) is 43.7 Å². The molecule has 134 valence electrons. The van der Waals surface area contributed by atoms with Crippen LogP contribution in [0.15, 0.2) is 40.9 Å². The van der Waals surface area contributed by atoms with Gasteiger partial charge in [0, 0.05) is 22.9 Å². The number of fused-ring (bicyclic) bond motifs is 1. The average Bonchev–Trinajstić information content (AvgIpc) is 3.26. The summed E-state index contributed by atoms with van der Waals surface area (Å²) in [6.07, 6.45) is 0.390. The smallest absolute Gasteiger partial charge is 0.258 e. The van der Waals surface area contributed by atoms with E-state index in [4.69, 9.17) is 4.52 Å². The van der Waals surface area contributed by atoms with E-state index in [2.05, 4.69) is 26.8 Å². The van der Waals surface area contributed by atoms with E-state index in [1.807, 2.05) is 44.2 Å². The highest BCUT2D eigenvalue weighted by Gasteiger charge is 2.19. The van der Waals surface area contributed by atoms with Crippen LogP contribution in [0.4, 0.5) is 11.4 Å². The van der Waals surface area contributed by atoms with Crippen LogP contribution in [0.2, 0.25) is 0 Å². The van der Waals surface area contributed by atoms with Gasteiger partial charge in [0.15, 0.2) is 0 Å². The monoisotopic (exact) mass is 359 g/mol. The molecular weight excluding hydrogens is 342 g/mol. The number of nitrogens with one attached hydrogen (secondary N) is 2. The molecule has 0 atom stereocenters. The van der Waals surface area contributed by atoms with Crippen LogP contribution in [0.3, 0.4) is 0 Å². The second-order valence-corrected chi connectivity index (χ2v) is 6.69. The van der Waals surface area contributed by atoms with Crippen molar-refractivity contribution in [3.63, 3.8) is 0 Å². The fraction of sp³-hybridized carbons (Fsp3) is 0.200. The minimum absolute atomic E-state index is 0.0184. The molecule has 27 heavy (non-hydrogen) atoms. The SMILES string of the molecule is CC(C)Nc1ccc(-c2nc(-c3ccc4c(c3)NC(=O)C4)no2)cc1C#N. The second-order valence-electron chi connectivity index (χ2n) is 6.69. The molecule has 2 heterocycles. The van der Waals surface area contributed by atoms with Gasteiger partial charge in [-0.2, -0.15) is 10.2 Å². The first-order chi connectivity index (χ1) is 13.0. The molecule has 0 aliphatic carbocycles. The van der Waals surface area contributed by atoms with E-state index >= 15 is 0 Å². The highest BCUT2D eigenvalue weighted by Crippen LogP contribution is 2.30. The van der Waals surface area contributed by atoms with Crippen molar-refractivity contribution < 1.29 is 9.32 Å². The lowest BCUT2D eigenvalue weighted by atomic mass is 10.1. The highest BCUT2D eigenvalue weighted by molar-refractivity contribution is 5.99. The van der Waals surface area contributed by atoms with E-state index in [0.29, 0.717) is 29.3 Å². The summed E-state index contributed by atoms with van der Waals surface area (Å²) in [5.74, 6) is 0.744. The summed E-state index contributed by atoms with van der Waals surface area (Å²) in [5.41, 5.74) is 4.45. The standard InChI is InChI=1S/C20H17N5O2/c1-11(2)22-16-6-5-14(7-15(16)10-21)20-24-19(25-27-20)13-4-3-12-9-18(26)23-17(12)8-13/h3-8,11,22H,9H2,1-2H3,(H,23,26). The fourth-order valence-corrected chi connectivity index (χ4v) is 3.02. The first kappa shape index (κ1) is 16.8. The van der Waals surface area contributed by atoms with E-state index in [0.717, 1.165) is 22.5 Å². The zero-order valence-electron chi connectivity index (χ0n) is 14.9. The van der Waals surface area contributed by atoms with Gasteiger partial charge in [-0.25, -0.2) is 0 Å². The first-order valence-electron chi connectivity index (χ1n) is 8.61. The van der Waals surface area contributed by atoms with Gasteiger partial charge in [0.25, 0.3) is 5.89 Å². The van der Waals surface area contributed by atoms with Crippen LogP contribution in [-0.2, 0) is 11.2 Å². The largest absolute Gasteiger partial charge is 0.382 e. The Bertz CT molecular complexity index is 1080. The molecule has 0 fully saturated rings. The molecule has 4 rings (SSSR count). The van der Waals surface area contributed by atoms with Crippen molar-refractivity contribution in [1.82, 2.24) is 10.1 Å². The Labute approximate surface area is 156 Å². The third-order valence-electron chi connectivity index (χ3n) is 4.25. The number of hydrogen-bond acceptors (Lipinski definition) is 6. The Morgan fingerprint density at radius 2 is 2.04 bits per heavy atom. The van der Waals surface area contributed by atoms with Crippen LogP contribution >= 0.6 is 0 Å². The molecule has 1 aliphatic rings. The predicted molar refractivity (Wildman–Crippen MR) is 101 cm³/mol. The topological polar surface area (TPSA) is 104 Å². The van der Waals surface area contributed by atoms with E-state index in [1.54, 1.807) is 6.07 Å². The van der Waals surface area contributed by atoms with E-state index in [-0.39, 0.29) is 11.9 Å². The Morgan fingerprint density at radius 1 is 1.22 bits per heavy atom. The summed E-state index contributed by atoms with van der Waals surface area (Å²) < 4.78 is 5.39. The Morgan fingerprint density at radius 3 is 2.81 bits per heavy atom. The second kappa shape index (κ2) is 6.57. The van der Waals surface area contributed by atoms with Gasteiger partial charge in [0.2, 0.25) is 11.7 Å². The molecule has 0 saturated carbocycles. The fourth-order valence-electron chi connectivity index (χ4n) is 3.02. The van der Waals surface area contributed by atoms with Crippen molar-refractivity contribution >= 4 is 17.3 Å². The maximum atomic E-state index is 11.5. The number of amides is 1. The Balaban J connectivity index is 1.64. The molecule has 3 aromatic rings. The Kier molecular flexibility index (Phi) is 4.09. The summed E-state index contributed by atoms with van der Waals surface area (Å²) in [6, 6.07) is 13.4. The van der Waals surface area contributed by atoms with Crippen LogP contribution in [0, 0.1) is 11.3 Å². The third kappa shape index (κ3) is 3.25. The molecule has 0 bridgehead atoms. The zero-order valence-corrected chi connectivity index (χ0v) is 14.9. The number of anilines is 2. The maximum Gasteiger partial charge on any atom is 0.258 e. The summed E-state index contributed by atoms with van der Waals surface area (Å²) >= 11 is 0. The van der Waals surface area contributed by atoms with E-state index < -0.39 is 0 Å². The number of carbonyl (C=O) groups excluding carboxylic acids is 1. The van der Waals surface area contributed by atoms with Crippen molar-refractivity contribution in [2.45, 2.75) is 26.3 Å². The van der Waals surface area contributed by atoms with Crippen LogP contribution in [0.5, 0.6) is 0 Å². The van der Waals surface area contributed by atoms with Gasteiger partial charge in [-0.15, -0.1) is 0 Å². The predicted octanol–water partition coefficient (Wildman–Crippen LogP) is 3.59. The van der Waals surface area contributed by atoms with E-state index in [9.17, 15) is 10.1 Å². The lowest BCUT2D eigenvalue weighted by Crippen LogP contribution is -2.10.